The first-order valence-corrected chi connectivity index (χ1v) is 5.94. The number of aromatic nitrogens is 1. The van der Waals surface area contributed by atoms with Crippen LogP contribution >= 0.6 is 0 Å². The number of halogens is 2. The van der Waals surface area contributed by atoms with Crippen LogP contribution < -0.4 is 11.3 Å². The summed E-state index contributed by atoms with van der Waals surface area (Å²) in [6.07, 6.45) is 0.233. The fourth-order valence-corrected chi connectivity index (χ4v) is 1.93. The van der Waals surface area contributed by atoms with E-state index in [4.69, 9.17) is 5.84 Å². The van der Waals surface area contributed by atoms with Crippen LogP contribution in [0.4, 0.5) is 8.78 Å². The molecule has 1 aromatic heterocycles. The molecule has 0 aliphatic carbocycles. The lowest BCUT2D eigenvalue weighted by Gasteiger charge is -2.16. The van der Waals surface area contributed by atoms with Gasteiger partial charge in [0.15, 0.2) is 0 Å². The van der Waals surface area contributed by atoms with Crippen molar-refractivity contribution in [1.29, 1.82) is 0 Å². The maximum Gasteiger partial charge on any atom is 0.126 e. The molecular formula is C14H15F2N3. The van der Waals surface area contributed by atoms with Crippen molar-refractivity contribution in [2.75, 3.05) is 0 Å². The third kappa shape index (κ3) is 3.33. The molecule has 0 radical (unpaired) electrons. The topological polar surface area (TPSA) is 50.9 Å². The standard InChI is InChI=1S/C14H15F2N3/c1-9-3-2-4-13(18-9)14(19-17)8-10-7-11(15)5-6-12(10)16/h2-7,14,19H,8,17H2,1H3. The Labute approximate surface area is 110 Å². The predicted molar refractivity (Wildman–Crippen MR) is 69.1 cm³/mol. The van der Waals surface area contributed by atoms with Gasteiger partial charge >= 0.3 is 0 Å². The smallest absolute Gasteiger partial charge is 0.126 e. The van der Waals surface area contributed by atoms with E-state index in [-0.39, 0.29) is 18.0 Å². The van der Waals surface area contributed by atoms with E-state index in [0.717, 1.165) is 17.8 Å². The fraction of sp³-hybridized carbons (Fsp3) is 0.214. The highest BCUT2D eigenvalue weighted by Gasteiger charge is 2.15. The maximum absolute atomic E-state index is 13.6. The van der Waals surface area contributed by atoms with Crippen LogP contribution in [0.3, 0.4) is 0 Å². The first-order chi connectivity index (χ1) is 9.10. The largest absolute Gasteiger partial charge is 0.271 e. The number of nitrogens with one attached hydrogen (secondary N) is 1. The molecule has 0 amide bonds. The Kier molecular flexibility index (Phi) is 4.19. The van der Waals surface area contributed by atoms with Gasteiger partial charge in [-0.05, 0) is 49.2 Å². The lowest BCUT2D eigenvalue weighted by molar-refractivity contribution is 0.513. The Balaban J connectivity index is 2.26. The summed E-state index contributed by atoms with van der Waals surface area (Å²) in [4.78, 5) is 4.33. The van der Waals surface area contributed by atoms with Crippen molar-refractivity contribution in [2.24, 2.45) is 5.84 Å². The summed E-state index contributed by atoms with van der Waals surface area (Å²) >= 11 is 0. The molecule has 0 fully saturated rings. The molecule has 2 aromatic rings. The zero-order valence-electron chi connectivity index (χ0n) is 10.5. The highest BCUT2D eigenvalue weighted by atomic mass is 19.1. The number of nitrogens with two attached hydrogens (primary N) is 1. The van der Waals surface area contributed by atoms with E-state index in [1.165, 1.54) is 6.07 Å². The van der Waals surface area contributed by atoms with Crippen LogP contribution in [0.15, 0.2) is 36.4 Å². The van der Waals surface area contributed by atoms with Gasteiger partial charge in [0.25, 0.3) is 0 Å². The van der Waals surface area contributed by atoms with Gasteiger partial charge in [-0.3, -0.25) is 16.3 Å². The summed E-state index contributed by atoms with van der Waals surface area (Å²) in [5.74, 6) is 4.57. The van der Waals surface area contributed by atoms with E-state index in [2.05, 4.69) is 10.4 Å². The number of rotatable bonds is 4. The van der Waals surface area contributed by atoms with Crippen molar-refractivity contribution >= 4 is 0 Å². The molecule has 1 heterocycles. The van der Waals surface area contributed by atoms with Crippen LogP contribution in [-0.2, 0) is 6.42 Å². The predicted octanol–water partition coefficient (Wildman–Crippen LogP) is 2.42. The van der Waals surface area contributed by atoms with E-state index in [1.54, 1.807) is 6.07 Å². The Morgan fingerprint density at radius 2 is 2.05 bits per heavy atom. The van der Waals surface area contributed by atoms with E-state index >= 15 is 0 Å². The summed E-state index contributed by atoms with van der Waals surface area (Å²) in [5, 5.41) is 0. The molecule has 0 bridgehead atoms. The molecule has 19 heavy (non-hydrogen) atoms. The third-order valence-corrected chi connectivity index (χ3v) is 2.90. The van der Waals surface area contributed by atoms with Crippen molar-refractivity contribution in [3.63, 3.8) is 0 Å². The lowest BCUT2D eigenvalue weighted by atomic mass is 10.0. The molecule has 1 atom stereocenters. The van der Waals surface area contributed by atoms with Crippen LogP contribution in [0.2, 0.25) is 0 Å². The molecule has 0 aliphatic rings. The van der Waals surface area contributed by atoms with Gasteiger partial charge in [-0.1, -0.05) is 6.07 Å². The minimum atomic E-state index is -0.468. The number of aryl methyl sites for hydroxylation is 1. The van der Waals surface area contributed by atoms with Crippen molar-refractivity contribution < 1.29 is 8.78 Å². The monoisotopic (exact) mass is 263 g/mol. The molecule has 0 aliphatic heterocycles. The summed E-state index contributed by atoms with van der Waals surface area (Å²) < 4.78 is 26.7. The third-order valence-electron chi connectivity index (χ3n) is 2.90. The van der Waals surface area contributed by atoms with Crippen molar-refractivity contribution in [3.8, 4) is 0 Å². The molecular weight excluding hydrogens is 248 g/mol. The van der Waals surface area contributed by atoms with E-state index in [1.807, 2.05) is 19.1 Å². The summed E-state index contributed by atoms with van der Waals surface area (Å²) in [6.45, 7) is 1.86. The molecule has 0 spiro atoms. The van der Waals surface area contributed by atoms with Crippen LogP contribution in [0, 0.1) is 18.6 Å². The number of benzene rings is 1. The number of hydrazine groups is 1. The first-order valence-electron chi connectivity index (χ1n) is 5.94. The van der Waals surface area contributed by atoms with Gasteiger partial charge in [0.05, 0.1) is 11.7 Å². The zero-order valence-corrected chi connectivity index (χ0v) is 10.5. The summed E-state index contributed by atoms with van der Waals surface area (Å²) in [6, 6.07) is 8.53. The van der Waals surface area contributed by atoms with Crippen LogP contribution in [-0.4, -0.2) is 4.98 Å². The van der Waals surface area contributed by atoms with Crippen molar-refractivity contribution in [1.82, 2.24) is 10.4 Å². The van der Waals surface area contributed by atoms with Gasteiger partial charge < -0.3 is 0 Å². The molecule has 3 nitrogen and oxygen atoms in total. The highest BCUT2D eigenvalue weighted by Crippen LogP contribution is 2.19. The van der Waals surface area contributed by atoms with E-state index in [0.29, 0.717) is 5.69 Å². The summed E-state index contributed by atoms with van der Waals surface area (Å²) in [7, 11) is 0. The van der Waals surface area contributed by atoms with E-state index in [9.17, 15) is 8.78 Å². The van der Waals surface area contributed by atoms with Crippen LogP contribution in [0.1, 0.15) is 23.0 Å². The SMILES string of the molecule is Cc1cccc(C(Cc2cc(F)ccc2F)NN)n1. The fourth-order valence-electron chi connectivity index (χ4n) is 1.93. The Hall–Kier alpha value is -1.85. The highest BCUT2D eigenvalue weighted by molar-refractivity contribution is 5.22. The van der Waals surface area contributed by atoms with Crippen LogP contribution in [0.5, 0.6) is 0 Å². The Morgan fingerprint density at radius 1 is 1.26 bits per heavy atom. The first kappa shape index (κ1) is 13.6. The molecule has 3 N–H and O–H groups in total. The van der Waals surface area contributed by atoms with Crippen molar-refractivity contribution in [3.05, 3.63) is 65.0 Å². The average molecular weight is 263 g/mol. The number of hydrogen-bond acceptors (Lipinski definition) is 3. The van der Waals surface area contributed by atoms with Gasteiger partial charge in [-0.2, -0.15) is 0 Å². The Bertz CT molecular complexity index is 572. The molecule has 0 saturated carbocycles. The van der Waals surface area contributed by atoms with Gasteiger partial charge in [0.1, 0.15) is 11.6 Å². The normalized spacial score (nSPS) is 12.4. The van der Waals surface area contributed by atoms with Gasteiger partial charge in [-0.25, -0.2) is 8.78 Å². The molecule has 0 saturated heterocycles. The molecule has 2 rings (SSSR count). The van der Waals surface area contributed by atoms with Gasteiger partial charge in [-0.15, -0.1) is 0 Å². The van der Waals surface area contributed by atoms with E-state index < -0.39 is 11.6 Å². The molecule has 1 unspecified atom stereocenters. The van der Waals surface area contributed by atoms with Crippen LogP contribution in [0.25, 0.3) is 0 Å². The summed E-state index contributed by atoms with van der Waals surface area (Å²) in [5.41, 5.74) is 4.40. The second kappa shape index (κ2) is 5.86. The van der Waals surface area contributed by atoms with Crippen molar-refractivity contribution in [2.45, 2.75) is 19.4 Å². The molecule has 1 aromatic carbocycles. The second-order valence-electron chi connectivity index (χ2n) is 4.36. The van der Waals surface area contributed by atoms with Gasteiger partial charge in [0, 0.05) is 5.69 Å². The molecule has 5 heteroatoms. The number of hydrogen-bond donors (Lipinski definition) is 2. The molecule has 100 valence electrons. The lowest BCUT2D eigenvalue weighted by Crippen LogP contribution is -2.30. The Morgan fingerprint density at radius 3 is 2.74 bits per heavy atom. The van der Waals surface area contributed by atoms with Gasteiger partial charge in [0.2, 0.25) is 0 Å². The maximum atomic E-state index is 13.6. The number of nitrogens with zero attached hydrogens (tertiary/aromatic N) is 1. The minimum Gasteiger partial charge on any atom is -0.271 e. The second-order valence-corrected chi connectivity index (χ2v) is 4.36. The quantitative estimate of drug-likeness (QED) is 0.658. The number of pyridine rings is 1. The minimum absolute atomic E-state index is 0.233. The zero-order chi connectivity index (χ0) is 13.8. The average Bonchev–Trinajstić information content (AvgIpc) is 2.39.